The van der Waals surface area contributed by atoms with Gasteiger partial charge in [-0.05, 0) is 31.4 Å². The zero-order valence-corrected chi connectivity index (χ0v) is 15.0. The van der Waals surface area contributed by atoms with Gasteiger partial charge in [0.25, 0.3) is 0 Å². The van der Waals surface area contributed by atoms with Crippen LogP contribution in [0.25, 0.3) is 0 Å². The van der Waals surface area contributed by atoms with Gasteiger partial charge in [0.15, 0.2) is 5.13 Å². The van der Waals surface area contributed by atoms with Gasteiger partial charge in [0.1, 0.15) is 0 Å². The number of nitrogens with zero attached hydrogens (tertiary/aromatic N) is 1. The molecule has 24 heavy (non-hydrogen) atoms. The Hall–Kier alpha value is -1.86. The van der Waals surface area contributed by atoms with Gasteiger partial charge < -0.3 is 10.6 Å². The molecule has 0 spiro atoms. The predicted molar refractivity (Wildman–Crippen MR) is 99.7 cm³/mol. The lowest BCUT2D eigenvalue weighted by atomic mass is 10.1. The molecule has 1 aromatic carbocycles. The molecule has 0 unspecified atom stereocenters. The van der Waals surface area contributed by atoms with Crippen LogP contribution in [0.2, 0.25) is 0 Å². The third-order valence-corrected chi connectivity index (χ3v) is 5.88. The molecule has 2 aromatic rings. The van der Waals surface area contributed by atoms with Gasteiger partial charge in [-0.25, -0.2) is 4.98 Å². The fraction of sp³-hybridized carbons (Fsp3) is 0.353. The highest BCUT2D eigenvalue weighted by atomic mass is 32.2. The first-order valence-corrected chi connectivity index (χ1v) is 9.71. The van der Waals surface area contributed by atoms with E-state index in [1.165, 1.54) is 16.9 Å². The van der Waals surface area contributed by atoms with Gasteiger partial charge >= 0.3 is 0 Å². The summed E-state index contributed by atoms with van der Waals surface area (Å²) in [4.78, 5) is 29.4. The number of aryl methyl sites for hydroxylation is 2. The molecule has 1 aliphatic rings. The van der Waals surface area contributed by atoms with E-state index < -0.39 is 0 Å². The second-order valence-electron chi connectivity index (χ2n) is 5.62. The summed E-state index contributed by atoms with van der Waals surface area (Å²) in [7, 11) is 0. The molecular formula is C17H19N3O2S2. The molecule has 3 rings (SSSR count). The highest BCUT2D eigenvalue weighted by Crippen LogP contribution is 2.27. The van der Waals surface area contributed by atoms with Crippen LogP contribution >= 0.6 is 23.1 Å². The third kappa shape index (κ3) is 4.36. The van der Waals surface area contributed by atoms with Crippen LogP contribution in [0.3, 0.4) is 0 Å². The lowest BCUT2D eigenvalue weighted by molar-refractivity contribution is -0.116. The van der Waals surface area contributed by atoms with Crippen LogP contribution < -0.4 is 10.6 Å². The SMILES string of the molecule is Cc1cnc(NC(=O)CCS[C@H]2CCc3ccccc3NC2=O)s1. The van der Waals surface area contributed by atoms with Gasteiger partial charge in [-0.2, -0.15) is 0 Å². The molecule has 1 aliphatic heterocycles. The van der Waals surface area contributed by atoms with Crippen LogP contribution in [0, 0.1) is 6.92 Å². The second kappa shape index (κ2) is 7.81. The Kier molecular flexibility index (Phi) is 5.52. The number of nitrogens with one attached hydrogen (secondary N) is 2. The number of carbonyl (C=O) groups excluding carboxylic acids is 2. The molecule has 2 N–H and O–H groups in total. The summed E-state index contributed by atoms with van der Waals surface area (Å²) < 4.78 is 0. The van der Waals surface area contributed by atoms with Crippen LogP contribution in [-0.2, 0) is 16.0 Å². The Labute approximate surface area is 149 Å². The van der Waals surface area contributed by atoms with Crippen molar-refractivity contribution in [3.05, 3.63) is 40.9 Å². The monoisotopic (exact) mass is 361 g/mol. The first kappa shape index (κ1) is 17.0. The van der Waals surface area contributed by atoms with Gasteiger partial charge in [0.2, 0.25) is 11.8 Å². The maximum absolute atomic E-state index is 12.3. The minimum absolute atomic E-state index is 0.0286. The van der Waals surface area contributed by atoms with Gasteiger partial charge in [0, 0.05) is 28.9 Å². The Morgan fingerprint density at radius 2 is 2.29 bits per heavy atom. The van der Waals surface area contributed by atoms with Gasteiger partial charge in [-0.15, -0.1) is 23.1 Å². The summed E-state index contributed by atoms with van der Waals surface area (Å²) in [5, 5.41) is 6.29. The molecule has 1 aromatic heterocycles. The molecule has 5 nitrogen and oxygen atoms in total. The van der Waals surface area contributed by atoms with Crippen molar-refractivity contribution in [3.63, 3.8) is 0 Å². The number of thioether (sulfide) groups is 1. The Bertz CT molecular complexity index is 745. The number of carbonyl (C=O) groups is 2. The van der Waals surface area contributed by atoms with Crippen molar-refractivity contribution in [2.75, 3.05) is 16.4 Å². The first-order chi connectivity index (χ1) is 11.6. The molecule has 7 heteroatoms. The van der Waals surface area contributed by atoms with Gasteiger partial charge in [0.05, 0.1) is 5.25 Å². The van der Waals surface area contributed by atoms with Crippen molar-refractivity contribution in [2.24, 2.45) is 0 Å². The van der Waals surface area contributed by atoms with Crippen molar-refractivity contribution < 1.29 is 9.59 Å². The summed E-state index contributed by atoms with van der Waals surface area (Å²) in [6.07, 6.45) is 3.78. The molecule has 0 fully saturated rings. The molecule has 0 saturated heterocycles. The van der Waals surface area contributed by atoms with Crippen LogP contribution in [0.5, 0.6) is 0 Å². The number of thiazole rings is 1. The number of hydrogen-bond donors (Lipinski definition) is 2. The van der Waals surface area contributed by atoms with E-state index in [4.69, 9.17) is 0 Å². The normalized spacial score (nSPS) is 16.9. The average Bonchev–Trinajstić information content (AvgIpc) is 2.88. The van der Waals surface area contributed by atoms with E-state index in [2.05, 4.69) is 15.6 Å². The van der Waals surface area contributed by atoms with E-state index in [0.717, 1.165) is 23.4 Å². The van der Waals surface area contributed by atoms with Crippen LogP contribution in [-0.4, -0.2) is 27.8 Å². The molecule has 2 heterocycles. The minimum Gasteiger partial charge on any atom is -0.325 e. The summed E-state index contributed by atoms with van der Waals surface area (Å²) in [6.45, 7) is 1.95. The van der Waals surface area contributed by atoms with Crippen molar-refractivity contribution >= 4 is 45.7 Å². The molecule has 0 bridgehead atoms. The average molecular weight is 361 g/mol. The molecule has 2 amide bonds. The summed E-state index contributed by atoms with van der Waals surface area (Å²) in [5.41, 5.74) is 2.08. The number of benzene rings is 1. The first-order valence-electron chi connectivity index (χ1n) is 7.84. The Balaban J connectivity index is 1.47. The lowest BCUT2D eigenvalue weighted by Gasteiger charge is -2.12. The van der Waals surface area contributed by atoms with Crippen molar-refractivity contribution in [1.29, 1.82) is 0 Å². The predicted octanol–water partition coefficient (Wildman–Crippen LogP) is 3.47. The molecular weight excluding hydrogens is 342 g/mol. The number of aromatic nitrogens is 1. The Morgan fingerprint density at radius 3 is 3.08 bits per heavy atom. The lowest BCUT2D eigenvalue weighted by Crippen LogP contribution is -2.24. The molecule has 0 saturated carbocycles. The fourth-order valence-electron chi connectivity index (χ4n) is 2.54. The largest absolute Gasteiger partial charge is 0.325 e. The van der Waals surface area contributed by atoms with E-state index in [1.807, 2.05) is 31.2 Å². The summed E-state index contributed by atoms with van der Waals surface area (Å²) >= 11 is 3.00. The maximum atomic E-state index is 12.3. The van der Waals surface area contributed by atoms with Gasteiger partial charge in [-0.1, -0.05) is 18.2 Å². The highest BCUT2D eigenvalue weighted by Gasteiger charge is 2.23. The van der Waals surface area contributed by atoms with Crippen LogP contribution in [0.15, 0.2) is 30.5 Å². The molecule has 126 valence electrons. The Morgan fingerprint density at radius 1 is 1.46 bits per heavy atom. The van der Waals surface area contributed by atoms with E-state index in [0.29, 0.717) is 17.3 Å². The third-order valence-electron chi connectivity index (χ3n) is 3.76. The molecule has 0 aliphatic carbocycles. The van der Waals surface area contributed by atoms with Gasteiger partial charge in [-0.3, -0.25) is 9.59 Å². The number of para-hydroxylation sites is 1. The van der Waals surface area contributed by atoms with E-state index in [1.54, 1.807) is 18.0 Å². The topological polar surface area (TPSA) is 71.1 Å². The quantitative estimate of drug-likeness (QED) is 0.855. The standard InChI is InChI=1S/C17H19N3O2S2/c1-11-10-18-17(24-11)20-15(21)8-9-23-14-7-6-12-4-2-3-5-13(12)19-16(14)22/h2-5,10,14H,6-9H2,1H3,(H,19,22)(H,18,20,21)/t14-/m0/s1. The number of fused-ring (bicyclic) bond motifs is 1. The van der Waals surface area contributed by atoms with Crippen molar-refractivity contribution in [3.8, 4) is 0 Å². The molecule has 0 radical (unpaired) electrons. The molecule has 1 atom stereocenters. The zero-order chi connectivity index (χ0) is 16.9. The number of rotatable bonds is 5. The zero-order valence-electron chi connectivity index (χ0n) is 13.4. The highest BCUT2D eigenvalue weighted by molar-refractivity contribution is 8.00. The summed E-state index contributed by atoms with van der Waals surface area (Å²) in [6, 6.07) is 7.90. The maximum Gasteiger partial charge on any atom is 0.237 e. The van der Waals surface area contributed by atoms with Crippen molar-refractivity contribution in [1.82, 2.24) is 4.98 Å². The number of hydrogen-bond acceptors (Lipinski definition) is 5. The van der Waals surface area contributed by atoms with Crippen molar-refractivity contribution in [2.45, 2.75) is 31.4 Å². The van der Waals surface area contributed by atoms with Crippen LogP contribution in [0.1, 0.15) is 23.3 Å². The minimum atomic E-state index is -0.118. The smallest absolute Gasteiger partial charge is 0.237 e. The van der Waals surface area contributed by atoms with E-state index in [9.17, 15) is 9.59 Å². The summed E-state index contributed by atoms with van der Waals surface area (Å²) in [5.74, 6) is 0.583. The fourth-order valence-corrected chi connectivity index (χ4v) is 4.30. The van der Waals surface area contributed by atoms with E-state index >= 15 is 0 Å². The number of amides is 2. The van der Waals surface area contributed by atoms with Crippen LogP contribution in [0.4, 0.5) is 10.8 Å². The number of anilines is 2. The van der Waals surface area contributed by atoms with E-state index in [-0.39, 0.29) is 17.1 Å². The second-order valence-corrected chi connectivity index (χ2v) is 8.16.